The number of rotatable bonds is 8. The average Bonchev–Trinajstić information content (AvgIpc) is 2.70. The fourth-order valence-corrected chi connectivity index (χ4v) is 2.51. The van der Waals surface area contributed by atoms with E-state index in [1.54, 1.807) is 12.3 Å². The second-order valence-corrected chi connectivity index (χ2v) is 6.74. The standard InChI is InChI=1S/C22H24N4O2/c1-16(2)12-14-23-21(27)19-13-15-24-22(26-19)25-18-10-6-7-11-20(18)28-17-8-4-3-5-9-17/h3-11,13,15-16H,12,14H2,1-2H3,(H,23,27)(H,24,25,26). The molecule has 0 radical (unpaired) electrons. The fourth-order valence-electron chi connectivity index (χ4n) is 2.51. The van der Waals surface area contributed by atoms with E-state index in [9.17, 15) is 4.79 Å². The van der Waals surface area contributed by atoms with Gasteiger partial charge < -0.3 is 15.4 Å². The molecule has 144 valence electrons. The first-order chi connectivity index (χ1) is 13.6. The molecule has 0 bridgehead atoms. The van der Waals surface area contributed by atoms with E-state index in [1.807, 2.05) is 54.6 Å². The number of ether oxygens (including phenoxy) is 1. The van der Waals surface area contributed by atoms with Crippen LogP contribution in [0.3, 0.4) is 0 Å². The van der Waals surface area contributed by atoms with Crippen molar-refractivity contribution in [2.75, 3.05) is 11.9 Å². The Morgan fingerprint density at radius 1 is 1.04 bits per heavy atom. The molecular formula is C22H24N4O2. The maximum Gasteiger partial charge on any atom is 0.270 e. The van der Waals surface area contributed by atoms with Crippen molar-refractivity contribution in [2.24, 2.45) is 5.92 Å². The Labute approximate surface area is 165 Å². The SMILES string of the molecule is CC(C)CCNC(=O)c1ccnc(Nc2ccccc2Oc2ccccc2)n1. The van der Waals surface area contributed by atoms with Gasteiger partial charge in [-0.2, -0.15) is 0 Å². The van der Waals surface area contributed by atoms with Gasteiger partial charge in [0.05, 0.1) is 5.69 Å². The van der Waals surface area contributed by atoms with Crippen molar-refractivity contribution in [1.82, 2.24) is 15.3 Å². The molecular weight excluding hydrogens is 352 g/mol. The van der Waals surface area contributed by atoms with Gasteiger partial charge in [0, 0.05) is 12.7 Å². The van der Waals surface area contributed by atoms with Gasteiger partial charge in [0.25, 0.3) is 5.91 Å². The van der Waals surface area contributed by atoms with Crippen LogP contribution in [0.25, 0.3) is 0 Å². The largest absolute Gasteiger partial charge is 0.455 e. The maximum absolute atomic E-state index is 12.3. The molecule has 0 unspecified atom stereocenters. The lowest BCUT2D eigenvalue weighted by molar-refractivity contribution is 0.0947. The van der Waals surface area contributed by atoms with E-state index < -0.39 is 0 Å². The van der Waals surface area contributed by atoms with Gasteiger partial charge in [0.15, 0.2) is 5.75 Å². The van der Waals surface area contributed by atoms with Crippen LogP contribution in [0.1, 0.15) is 30.8 Å². The molecule has 1 aromatic heterocycles. The van der Waals surface area contributed by atoms with Crippen LogP contribution >= 0.6 is 0 Å². The van der Waals surface area contributed by atoms with Crippen LogP contribution in [0.4, 0.5) is 11.6 Å². The summed E-state index contributed by atoms with van der Waals surface area (Å²) in [6, 6.07) is 18.6. The monoisotopic (exact) mass is 376 g/mol. The van der Waals surface area contributed by atoms with E-state index in [2.05, 4.69) is 34.4 Å². The third-order valence-electron chi connectivity index (χ3n) is 4.00. The molecule has 0 aliphatic carbocycles. The summed E-state index contributed by atoms with van der Waals surface area (Å²) in [5.41, 5.74) is 1.03. The predicted molar refractivity (Wildman–Crippen MR) is 110 cm³/mol. The molecule has 2 N–H and O–H groups in total. The Morgan fingerprint density at radius 2 is 1.79 bits per heavy atom. The number of nitrogens with one attached hydrogen (secondary N) is 2. The lowest BCUT2D eigenvalue weighted by Gasteiger charge is -2.12. The summed E-state index contributed by atoms with van der Waals surface area (Å²) in [6.45, 7) is 4.86. The van der Waals surface area contributed by atoms with E-state index in [0.717, 1.165) is 12.2 Å². The molecule has 0 fully saturated rings. The number of anilines is 2. The molecule has 0 saturated carbocycles. The van der Waals surface area contributed by atoms with Crippen LogP contribution in [0.15, 0.2) is 66.9 Å². The van der Waals surface area contributed by atoms with Crippen molar-refractivity contribution in [1.29, 1.82) is 0 Å². The zero-order valence-electron chi connectivity index (χ0n) is 16.1. The summed E-state index contributed by atoms with van der Waals surface area (Å²) in [4.78, 5) is 20.8. The minimum absolute atomic E-state index is 0.208. The van der Waals surface area contributed by atoms with Crippen molar-refractivity contribution >= 4 is 17.5 Å². The second kappa shape index (κ2) is 9.50. The van der Waals surface area contributed by atoms with E-state index >= 15 is 0 Å². The highest BCUT2D eigenvalue weighted by Gasteiger charge is 2.11. The molecule has 6 nitrogen and oxygen atoms in total. The maximum atomic E-state index is 12.3. The summed E-state index contributed by atoms with van der Waals surface area (Å²) in [6.07, 6.45) is 2.49. The molecule has 0 spiro atoms. The van der Waals surface area contributed by atoms with E-state index in [0.29, 0.717) is 35.5 Å². The molecule has 28 heavy (non-hydrogen) atoms. The van der Waals surface area contributed by atoms with Crippen molar-refractivity contribution in [3.63, 3.8) is 0 Å². The van der Waals surface area contributed by atoms with Crippen molar-refractivity contribution in [3.8, 4) is 11.5 Å². The minimum atomic E-state index is -0.208. The number of carbonyl (C=O) groups excluding carboxylic acids is 1. The van der Waals surface area contributed by atoms with E-state index in [-0.39, 0.29) is 5.91 Å². The Balaban J connectivity index is 1.71. The van der Waals surface area contributed by atoms with Crippen molar-refractivity contribution in [3.05, 3.63) is 72.6 Å². The Bertz CT molecular complexity index is 913. The molecule has 1 heterocycles. The Morgan fingerprint density at radius 3 is 2.57 bits per heavy atom. The zero-order valence-corrected chi connectivity index (χ0v) is 16.1. The van der Waals surface area contributed by atoms with E-state index in [4.69, 9.17) is 4.74 Å². The fraction of sp³-hybridized carbons (Fsp3) is 0.227. The first kappa shape index (κ1) is 19.4. The zero-order chi connectivity index (χ0) is 19.8. The van der Waals surface area contributed by atoms with Gasteiger partial charge in [-0.1, -0.05) is 44.2 Å². The van der Waals surface area contributed by atoms with Crippen LogP contribution in [0.5, 0.6) is 11.5 Å². The van der Waals surface area contributed by atoms with Crippen LogP contribution in [0, 0.1) is 5.92 Å². The molecule has 3 rings (SSSR count). The molecule has 0 aliphatic heterocycles. The van der Waals surface area contributed by atoms with Crippen molar-refractivity contribution < 1.29 is 9.53 Å². The summed E-state index contributed by atoms with van der Waals surface area (Å²) in [5, 5.41) is 6.02. The number of nitrogens with zero attached hydrogens (tertiary/aromatic N) is 2. The molecule has 6 heteroatoms. The number of carbonyl (C=O) groups is 1. The van der Waals surface area contributed by atoms with Crippen LogP contribution in [-0.2, 0) is 0 Å². The number of amides is 1. The van der Waals surface area contributed by atoms with Gasteiger partial charge in [-0.3, -0.25) is 4.79 Å². The van der Waals surface area contributed by atoms with Gasteiger partial charge in [-0.25, -0.2) is 9.97 Å². The van der Waals surface area contributed by atoms with Gasteiger partial charge >= 0.3 is 0 Å². The first-order valence-corrected chi connectivity index (χ1v) is 9.32. The van der Waals surface area contributed by atoms with Gasteiger partial charge in [-0.15, -0.1) is 0 Å². The van der Waals surface area contributed by atoms with Crippen molar-refractivity contribution in [2.45, 2.75) is 20.3 Å². The average molecular weight is 376 g/mol. The number of aromatic nitrogens is 2. The van der Waals surface area contributed by atoms with Gasteiger partial charge in [-0.05, 0) is 42.7 Å². The molecule has 1 amide bonds. The predicted octanol–water partition coefficient (Wildman–Crippen LogP) is 4.79. The first-order valence-electron chi connectivity index (χ1n) is 9.32. The topological polar surface area (TPSA) is 76.1 Å². The number of para-hydroxylation sites is 3. The normalized spacial score (nSPS) is 10.5. The third-order valence-corrected chi connectivity index (χ3v) is 4.00. The summed E-state index contributed by atoms with van der Waals surface area (Å²) < 4.78 is 5.94. The Kier molecular flexibility index (Phi) is 6.57. The summed E-state index contributed by atoms with van der Waals surface area (Å²) in [7, 11) is 0. The number of hydrogen-bond acceptors (Lipinski definition) is 5. The van der Waals surface area contributed by atoms with Gasteiger partial charge in [0.2, 0.25) is 5.95 Å². The smallest absolute Gasteiger partial charge is 0.270 e. The lowest BCUT2D eigenvalue weighted by atomic mass is 10.1. The van der Waals surface area contributed by atoms with Crippen LogP contribution in [0.2, 0.25) is 0 Å². The molecule has 2 aromatic carbocycles. The highest BCUT2D eigenvalue weighted by atomic mass is 16.5. The molecule has 0 atom stereocenters. The highest BCUT2D eigenvalue weighted by molar-refractivity contribution is 5.92. The van der Waals surface area contributed by atoms with Crippen LogP contribution in [-0.4, -0.2) is 22.4 Å². The van der Waals surface area contributed by atoms with Gasteiger partial charge in [0.1, 0.15) is 11.4 Å². The minimum Gasteiger partial charge on any atom is -0.455 e. The summed E-state index contributed by atoms with van der Waals surface area (Å²) in [5.74, 6) is 2.03. The van der Waals surface area contributed by atoms with Crippen LogP contribution < -0.4 is 15.4 Å². The highest BCUT2D eigenvalue weighted by Crippen LogP contribution is 2.30. The summed E-state index contributed by atoms with van der Waals surface area (Å²) >= 11 is 0. The quantitative estimate of drug-likeness (QED) is 0.591. The third kappa shape index (κ3) is 5.54. The molecule has 0 aliphatic rings. The molecule has 3 aromatic rings. The lowest BCUT2D eigenvalue weighted by Crippen LogP contribution is -2.26. The second-order valence-electron chi connectivity index (χ2n) is 6.74. The Hall–Kier alpha value is -3.41. The molecule has 0 saturated heterocycles. The number of hydrogen-bond donors (Lipinski definition) is 2. The number of benzene rings is 2. The van der Waals surface area contributed by atoms with E-state index in [1.165, 1.54) is 0 Å².